The highest BCUT2D eigenvalue weighted by Crippen LogP contribution is 2.15. The lowest BCUT2D eigenvalue weighted by Crippen LogP contribution is -1.84. The largest absolute Gasteiger partial charge is 0.0845 e. The van der Waals surface area contributed by atoms with Crippen LogP contribution in [0.15, 0.2) is 18.2 Å². The topological polar surface area (TPSA) is 0 Å². The predicted molar refractivity (Wildman–Crippen MR) is 130 cm³/mol. The number of unbranched alkanes of at least 4 members (excludes halogenated alkanes) is 22. The van der Waals surface area contributed by atoms with E-state index in [9.17, 15) is 0 Å². The highest BCUT2D eigenvalue weighted by atomic mass is 14.0. The van der Waals surface area contributed by atoms with Crippen LogP contribution in [0.5, 0.6) is 0 Å². The van der Waals surface area contributed by atoms with Crippen LogP contribution < -0.4 is 0 Å². The van der Waals surface area contributed by atoms with E-state index in [0.717, 1.165) is 0 Å². The Morgan fingerprint density at radius 3 is 1.00 bits per heavy atom. The average Bonchev–Trinajstić information content (AvgIpc) is 2.71. The summed E-state index contributed by atoms with van der Waals surface area (Å²) in [5.74, 6) is 0. The molecule has 28 heavy (non-hydrogen) atoms. The highest BCUT2D eigenvalue weighted by molar-refractivity contribution is 4.95. The number of rotatable bonds is 24. The molecule has 0 fully saturated rings. The van der Waals surface area contributed by atoms with E-state index < -0.39 is 0 Å². The van der Waals surface area contributed by atoms with Crippen molar-refractivity contribution < 1.29 is 0 Å². The van der Waals surface area contributed by atoms with Gasteiger partial charge in [0, 0.05) is 0 Å². The molecule has 0 spiro atoms. The molecule has 0 rings (SSSR count). The molecule has 0 N–H and O–H groups in total. The summed E-state index contributed by atoms with van der Waals surface area (Å²) in [6.45, 7) is 7.61. The van der Waals surface area contributed by atoms with E-state index in [1.807, 2.05) is 6.08 Å². The predicted octanol–water partition coefficient (Wildman–Crippen LogP) is 10.5. The van der Waals surface area contributed by atoms with E-state index in [0.29, 0.717) is 0 Å². The molecule has 0 unspecified atom stereocenters. The van der Waals surface area contributed by atoms with Crippen molar-refractivity contribution in [3.63, 3.8) is 0 Å². The molecule has 1 radical (unpaired) electrons. The van der Waals surface area contributed by atoms with Crippen LogP contribution in [-0.4, -0.2) is 0 Å². The Morgan fingerprint density at radius 1 is 0.429 bits per heavy atom. The van der Waals surface area contributed by atoms with Gasteiger partial charge in [-0.05, 0) is 12.8 Å². The van der Waals surface area contributed by atoms with Crippen LogP contribution in [0.4, 0.5) is 0 Å². The Labute approximate surface area is 179 Å². The van der Waals surface area contributed by atoms with E-state index in [2.05, 4.69) is 13.0 Å². The van der Waals surface area contributed by atoms with Crippen LogP contribution >= 0.6 is 0 Å². The van der Waals surface area contributed by atoms with Crippen molar-refractivity contribution >= 4 is 0 Å². The summed E-state index contributed by atoms with van der Waals surface area (Å²) in [5.41, 5.74) is 0. The fraction of sp³-hybridized carbons (Fsp3) is 0.857. The van der Waals surface area contributed by atoms with Gasteiger partial charge < -0.3 is 0 Å². The second kappa shape index (κ2) is 26.5. The number of allylic oxidation sites excluding steroid dienone is 3. The van der Waals surface area contributed by atoms with Crippen molar-refractivity contribution in [2.24, 2.45) is 0 Å². The highest BCUT2D eigenvalue weighted by Gasteiger charge is 1.95. The third-order valence-corrected chi connectivity index (χ3v) is 5.97. The summed E-state index contributed by atoms with van der Waals surface area (Å²) in [6, 6.07) is 0. The van der Waals surface area contributed by atoms with Gasteiger partial charge in [0.05, 0.1) is 0 Å². The first-order chi connectivity index (χ1) is 13.9. The maximum Gasteiger partial charge on any atom is -0.0348 e. The summed E-state index contributed by atoms with van der Waals surface area (Å²) >= 11 is 0. The second-order valence-corrected chi connectivity index (χ2v) is 8.83. The first-order valence-electron chi connectivity index (χ1n) is 13.1. The average molecular weight is 390 g/mol. The lowest BCUT2D eigenvalue weighted by molar-refractivity contribution is 0.519. The maximum absolute atomic E-state index is 5.31. The molecule has 0 nitrogen and oxygen atoms in total. The fourth-order valence-electron chi connectivity index (χ4n) is 4.05. The minimum absolute atomic E-state index is 1.19. The summed E-state index contributed by atoms with van der Waals surface area (Å²) in [5, 5.41) is 0. The van der Waals surface area contributed by atoms with Gasteiger partial charge in [0.25, 0.3) is 0 Å². The Morgan fingerprint density at radius 2 is 0.714 bits per heavy atom. The first-order valence-corrected chi connectivity index (χ1v) is 13.1. The zero-order valence-corrected chi connectivity index (χ0v) is 19.6. The molecule has 0 saturated carbocycles. The Balaban J connectivity index is 2.99. The Bertz CT molecular complexity index is 301. The van der Waals surface area contributed by atoms with Crippen molar-refractivity contribution in [2.45, 2.75) is 155 Å². The van der Waals surface area contributed by atoms with Crippen molar-refractivity contribution in [1.82, 2.24) is 0 Å². The van der Waals surface area contributed by atoms with Crippen LogP contribution in [0.3, 0.4) is 0 Å². The van der Waals surface area contributed by atoms with Crippen LogP contribution in [0.1, 0.15) is 155 Å². The van der Waals surface area contributed by atoms with Crippen molar-refractivity contribution in [2.75, 3.05) is 0 Å². The third kappa shape index (κ3) is 25.5. The Hall–Kier alpha value is -0.520. The van der Waals surface area contributed by atoms with Crippen LogP contribution in [0.25, 0.3) is 0 Å². The summed E-state index contributed by atoms with van der Waals surface area (Å²) < 4.78 is 0. The Kier molecular flexibility index (Phi) is 26.0. The van der Waals surface area contributed by atoms with Gasteiger partial charge in [0.1, 0.15) is 0 Å². The molecule has 0 saturated heterocycles. The SMILES string of the molecule is [CH]=CC=CCCCCCCCCCCCCCCCCCCCCCCCC. The zero-order valence-electron chi connectivity index (χ0n) is 19.6. The van der Waals surface area contributed by atoms with Crippen LogP contribution in [0.2, 0.25) is 0 Å². The molecule has 0 aliphatic rings. The maximum atomic E-state index is 5.31. The van der Waals surface area contributed by atoms with Gasteiger partial charge in [0.2, 0.25) is 0 Å². The molecule has 0 bridgehead atoms. The summed E-state index contributed by atoms with van der Waals surface area (Å²) in [6.07, 6.45) is 38.9. The molecular weight excluding hydrogens is 336 g/mol. The lowest BCUT2D eigenvalue weighted by atomic mass is 10.0. The molecule has 165 valence electrons. The monoisotopic (exact) mass is 389 g/mol. The van der Waals surface area contributed by atoms with Crippen molar-refractivity contribution in [3.05, 3.63) is 24.8 Å². The molecule has 0 heterocycles. The van der Waals surface area contributed by atoms with Gasteiger partial charge in [0.15, 0.2) is 0 Å². The van der Waals surface area contributed by atoms with Gasteiger partial charge in [-0.2, -0.15) is 0 Å². The molecule has 0 aromatic heterocycles. The normalized spacial score (nSPS) is 11.5. The summed E-state index contributed by atoms with van der Waals surface area (Å²) in [4.78, 5) is 0. The van der Waals surface area contributed by atoms with E-state index in [1.165, 1.54) is 148 Å². The van der Waals surface area contributed by atoms with E-state index >= 15 is 0 Å². The first kappa shape index (κ1) is 27.5. The minimum atomic E-state index is 1.19. The molecule has 0 amide bonds. The van der Waals surface area contributed by atoms with Crippen LogP contribution in [0, 0.1) is 6.58 Å². The molecule has 0 aliphatic heterocycles. The van der Waals surface area contributed by atoms with E-state index in [-0.39, 0.29) is 0 Å². The third-order valence-electron chi connectivity index (χ3n) is 5.97. The molecular formula is C28H53. The molecule has 0 aromatic rings. The molecule has 0 aliphatic carbocycles. The van der Waals surface area contributed by atoms with E-state index in [1.54, 1.807) is 6.08 Å². The van der Waals surface area contributed by atoms with Crippen molar-refractivity contribution in [1.29, 1.82) is 0 Å². The lowest BCUT2D eigenvalue weighted by Gasteiger charge is -2.04. The standard InChI is InChI=1S/C28H53/c1-3-5-7-9-11-13-15-17-19-21-23-25-27-28-26-24-22-20-18-16-14-12-10-8-6-4-2/h1,3,5,7H,4,6,8-28H2,2H3. The molecule has 0 heteroatoms. The fourth-order valence-corrected chi connectivity index (χ4v) is 4.05. The molecule has 0 atom stereocenters. The quantitative estimate of drug-likeness (QED) is 0.114. The van der Waals surface area contributed by atoms with E-state index in [4.69, 9.17) is 6.58 Å². The van der Waals surface area contributed by atoms with Gasteiger partial charge >= 0.3 is 0 Å². The molecule has 0 aromatic carbocycles. The zero-order chi connectivity index (χ0) is 20.4. The van der Waals surface area contributed by atoms with Gasteiger partial charge in [-0.15, -0.1) is 0 Å². The van der Waals surface area contributed by atoms with Gasteiger partial charge in [-0.25, -0.2) is 0 Å². The summed E-state index contributed by atoms with van der Waals surface area (Å²) in [7, 11) is 0. The second-order valence-electron chi connectivity index (χ2n) is 8.83. The van der Waals surface area contributed by atoms with Gasteiger partial charge in [-0.3, -0.25) is 0 Å². The smallest absolute Gasteiger partial charge is 0.0348 e. The number of hydrogen-bond donors (Lipinski definition) is 0. The minimum Gasteiger partial charge on any atom is -0.0845 e. The number of hydrogen-bond acceptors (Lipinski definition) is 0. The van der Waals surface area contributed by atoms with Crippen molar-refractivity contribution in [3.8, 4) is 0 Å². The van der Waals surface area contributed by atoms with Gasteiger partial charge in [-0.1, -0.05) is 167 Å². The van der Waals surface area contributed by atoms with Crippen LogP contribution in [-0.2, 0) is 0 Å².